The van der Waals surface area contributed by atoms with Gasteiger partial charge in [-0.15, -0.1) is 11.3 Å². The maximum atomic E-state index is 4.72. The van der Waals surface area contributed by atoms with Gasteiger partial charge in [-0.05, 0) is 31.5 Å². The Morgan fingerprint density at radius 1 is 1.35 bits per heavy atom. The Balaban J connectivity index is 1.83. The minimum absolute atomic E-state index is 0.581. The zero-order chi connectivity index (χ0) is 11.5. The Morgan fingerprint density at radius 3 is 3.12 bits per heavy atom. The standard InChI is InChI=1S/C13H15N3S/c1-2-7-15-11(5-1)13-16-12(9-17-13)10-4-3-6-14-8-10/h1-2,5,7,9-10,14H,3-4,6,8H2. The van der Waals surface area contributed by atoms with E-state index in [2.05, 4.69) is 15.7 Å². The molecule has 1 atom stereocenters. The lowest BCUT2D eigenvalue weighted by atomic mass is 9.97. The van der Waals surface area contributed by atoms with E-state index in [0.717, 1.165) is 23.8 Å². The van der Waals surface area contributed by atoms with Gasteiger partial charge in [0.25, 0.3) is 0 Å². The fraction of sp³-hybridized carbons (Fsp3) is 0.385. The van der Waals surface area contributed by atoms with Crippen LogP contribution < -0.4 is 5.32 Å². The molecule has 0 saturated carbocycles. The van der Waals surface area contributed by atoms with Gasteiger partial charge in [-0.25, -0.2) is 4.98 Å². The molecule has 3 rings (SSSR count). The third-order valence-electron chi connectivity index (χ3n) is 3.12. The Hall–Kier alpha value is -1.26. The van der Waals surface area contributed by atoms with Crippen LogP contribution in [0, 0.1) is 0 Å². The Kier molecular flexibility index (Phi) is 3.16. The van der Waals surface area contributed by atoms with Crippen molar-refractivity contribution in [3.05, 3.63) is 35.5 Å². The fourth-order valence-electron chi connectivity index (χ4n) is 2.18. The Morgan fingerprint density at radius 2 is 2.35 bits per heavy atom. The number of hydrogen-bond acceptors (Lipinski definition) is 4. The van der Waals surface area contributed by atoms with Gasteiger partial charge in [0.05, 0.1) is 11.4 Å². The predicted octanol–water partition coefficient (Wildman–Crippen LogP) is 2.67. The second-order valence-electron chi connectivity index (χ2n) is 4.34. The maximum absolute atomic E-state index is 4.72. The highest BCUT2D eigenvalue weighted by Gasteiger charge is 2.18. The smallest absolute Gasteiger partial charge is 0.142 e. The molecule has 1 fully saturated rings. The minimum Gasteiger partial charge on any atom is -0.316 e. The van der Waals surface area contributed by atoms with Gasteiger partial charge >= 0.3 is 0 Å². The van der Waals surface area contributed by atoms with Crippen molar-refractivity contribution >= 4 is 11.3 Å². The number of hydrogen-bond donors (Lipinski definition) is 1. The highest BCUT2D eigenvalue weighted by Crippen LogP contribution is 2.28. The van der Waals surface area contributed by atoms with E-state index in [0.29, 0.717) is 5.92 Å². The third-order valence-corrected chi connectivity index (χ3v) is 4.00. The molecule has 1 aliphatic heterocycles. The maximum Gasteiger partial charge on any atom is 0.142 e. The van der Waals surface area contributed by atoms with Crippen LogP contribution in [0.2, 0.25) is 0 Å². The number of rotatable bonds is 2. The van der Waals surface area contributed by atoms with Crippen LogP contribution >= 0.6 is 11.3 Å². The summed E-state index contributed by atoms with van der Waals surface area (Å²) in [5.74, 6) is 0.581. The van der Waals surface area contributed by atoms with Crippen molar-refractivity contribution in [2.75, 3.05) is 13.1 Å². The van der Waals surface area contributed by atoms with Crippen molar-refractivity contribution in [2.45, 2.75) is 18.8 Å². The molecule has 2 aromatic heterocycles. The molecule has 17 heavy (non-hydrogen) atoms. The summed E-state index contributed by atoms with van der Waals surface area (Å²) in [6, 6.07) is 5.95. The van der Waals surface area contributed by atoms with E-state index in [1.54, 1.807) is 11.3 Å². The summed E-state index contributed by atoms with van der Waals surface area (Å²) in [6.45, 7) is 2.21. The molecule has 1 saturated heterocycles. The molecule has 0 spiro atoms. The van der Waals surface area contributed by atoms with Crippen molar-refractivity contribution < 1.29 is 0 Å². The van der Waals surface area contributed by atoms with Crippen LogP contribution in [-0.2, 0) is 0 Å². The minimum atomic E-state index is 0.581. The monoisotopic (exact) mass is 245 g/mol. The number of pyridine rings is 1. The number of piperidine rings is 1. The first kappa shape index (κ1) is 10.9. The predicted molar refractivity (Wildman–Crippen MR) is 70.2 cm³/mol. The average molecular weight is 245 g/mol. The lowest BCUT2D eigenvalue weighted by Gasteiger charge is -2.20. The quantitative estimate of drug-likeness (QED) is 0.884. The van der Waals surface area contributed by atoms with Crippen molar-refractivity contribution in [3.63, 3.8) is 0 Å². The normalized spacial score (nSPS) is 20.4. The lowest BCUT2D eigenvalue weighted by molar-refractivity contribution is 0.456. The second-order valence-corrected chi connectivity index (χ2v) is 5.19. The molecule has 88 valence electrons. The summed E-state index contributed by atoms with van der Waals surface area (Å²) in [5.41, 5.74) is 2.20. The number of aromatic nitrogens is 2. The van der Waals surface area contributed by atoms with Crippen molar-refractivity contribution in [1.29, 1.82) is 0 Å². The van der Waals surface area contributed by atoms with Crippen molar-refractivity contribution in [2.24, 2.45) is 0 Å². The fourth-order valence-corrected chi connectivity index (χ4v) is 3.06. The summed E-state index contributed by atoms with van der Waals surface area (Å²) in [6.07, 6.45) is 4.32. The molecule has 0 aliphatic carbocycles. The van der Waals surface area contributed by atoms with E-state index in [1.165, 1.54) is 18.5 Å². The SMILES string of the molecule is c1ccc(-c2nc(C3CCCNC3)cs2)nc1. The molecule has 1 unspecified atom stereocenters. The number of nitrogens with one attached hydrogen (secondary N) is 1. The van der Waals surface area contributed by atoms with Gasteiger partial charge in [-0.1, -0.05) is 6.07 Å². The molecule has 1 N–H and O–H groups in total. The van der Waals surface area contributed by atoms with Gasteiger partial charge in [0.2, 0.25) is 0 Å². The van der Waals surface area contributed by atoms with Gasteiger partial charge in [-0.2, -0.15) is 0 Å². The van der Waals surface area contributed by atoms with Crippen molar-refractivity contribution in [3.8, 4) is 10.7 Å². The average Bonchev–Trinajstić information content (AvgIpc) is 2.90. The second kappa shape index (κ2) is 4.94. The topological polar surface area (TPSA) is 37.8 Å². The van der Waals surface area contributed by atoms with E-state index in [-0.39, 0.29) is 0 Å². The van der Waals surface area contributed by atoms with Gasteiger partial charge < -0.3 is 5.32 Å². The first-order valence-corrected chi connectivity index (χ1v) is 6.89. The summed E-state index contributed by atoms with van der Waals surface area (Å²) < 4.78 is 0. The summed E-state index contributed by atoms with van der Waals surface area (Å²) in [4.78, 5) is 9.06. The van der Waals surface area contributed by atoms with Crippen LogP contribution in [0.3, 0.4) is 0 Å². The molecule has 3 heterocycles. The molecule has 3 nitrogen and oxygen atoms in total. The lowest BCUT2D eigenvalue weighted by Crippen LogP contribution is -2.28. The largest absolute Gasteiger partial charge is 0.316 e. The Labute approximate surface area is 105 Å². The first-order chi connectivity index (χ1) is 8.43. The van der Waals surface area contributed by atoms with Crippen LogP contribution in [-0.4, -0.2) is 23.1 Å². The molecule has 4 heteroatoms. The zero-order valence-corrected chi connectivity index (χ0v) is 10.4. The molecular formula is C13H15N3S. The van der Waals surface area contributed by atoms with Gasteiger partial charge in [0.15, 0.2) is 0 Å². The summed E-state index contributed by atoms with van der Waals surface area (Å²) >= 11 is 1.69. The first-order valence-electron chi connectivity index (χ1n) is 6.01. The van der Waals surface area contributed by atoms with Crippen LogP contribution in [0.5, 0.6) is 0 Å². The van der Waals surface area contributed by atoms with Gasteiger partial charge in [-0.3, -0.25) is 4.98 Å². The molecule has 0 bridgehead atoms. The Bertz CT molecular complexity index is 474. The molecule has 0 radical (unpaired) electrons. The van der Waals surface area contributed by atoms with E-state index in [4.69, 9.17) is 4.98 Å². The van der Waals surface area contributed by atoms with Crippen LogP contribution in [0.15, 0.2) is 29.8 Å². The van der Waals surface area contributed by atoms with Gasteiger partial charge in [0.1, 0.15) is 5.01 Å². The van der Waals surface area contributed by atoms with Crippen molar-refractivity contribution in [1.82, 2.24) is 15.3 Å². The van der Waals surface area contributed by atoms with Crippen LogP contribution in [0.1, 0.15) is 24.5 Å². The molecule has 0 aromatic carbocycles. The number of thiazole rings is 1. The molecule has 2 aromatic rings. The summed E-state index contributed by atoms with van der Waals surface area (Å²) in [5, 5.41) is 6.65. The zero-order valence-electron chi connectivity index (χ0n) is 9.60. The highest BCUT2D eigenvalue weighted by molar-refractivity contribution is 7.13. The third kappa shape index (κ3) is 2.37. The van der Waals surface area contributed by atoms with Crippen LogP contribution in [0.25, 0.3) is 10.7 Å². The van der Waals surface area contributed by atoms with E-state index in [9.17, 15) is 0 Å². The van der Waals surface area contributed by atoms with E-state index < -0.39 is 0 Å². The number of nitrogens with zero attached hydrogens (tertiary/aromatic N) is 2. The van der Waals surface area contributed by atoms with Crippen LogP contribution in [0.4, 0.5) is 0 Å². The molecular weight excluding hydrogens is 230 g/mol. The van der Waals surface area contributed by atoms with E-state index >= 15 is 0 Å². The molecule has 1 aliphatic rings. The van der Waals surface area contributed by atoms with E-state index in [1.807, 2.05) is 24.4 Å². The van der Waals surface area contributed by atoms with Gasteiger partial charge in [0, 0.05) is 24.0 Å². The summed E-state index contributed by atoms with van der Waals surface area (Å²) in [7, 11) is 0. The molecule has 0 amide bonds. The highest BCUT2D eigenvalue weighted by atomic mass is 32.1.